The van der Waals surface area contributed by atoms with E-state index in [1.165, 1.54) is 0 Å². The number of nitrogens with zero attached hydrogens (tertiary/aromatic N) is 1. The minimum atomic E-state index is -0.472. The molecule has 0 atom stereocenters. The van der Waals surface area contributed by atoms with Gasteiger partial charge in [0.25, 0.3) is 0 Å². The van der Waals surface area contributed by atoms with Gasteiger partial charge in [-0.3, -0.25) is 4.79 Å². The summed E-state index contributed by atoms with van der Waals surface area (Å²) in [5, 5.41) is 0. The number of amides is 2. The second-order valence-electron chi connectivity index (χ2n) is 7.18. The van der Waals surface area contributed by atoms with Crippen LogP contribution in [0.4, 0.5) is 4.79 Å². The van der Waals surface area contributed by atoms with Crippen LogP contribution in [-0.2, 0) is 4.74 Å². The van der Waals surface area contributed by atoms with Crippen LogP contribution in [0.25, 0.3) is 0 Å². The van der Waals surface area contributed by atoms with Gasteiger partial charge in [-0.1, -0.05) is 6.07 Å². The van der Waals surface area contributed by atoms with Crippen LogP contribution in [0.1, 0.15) is 61.0 Å². The van der Waals surface area contributed by atoms with Crippen LogP contribution >= 0.6 is 0 Å². The maximum atomic E-state index is 12.1. The second kappa shape index (κ2) is 6.60. The zero-order chi connectivity index (χ0) is 17.2. The van der Waals surface area contributed by atoms with Crippen LogP contribution in [0.3, 0.4) is 0 Å². The zero-order valence-corrected chi connectivity index (χ0v) is 14.4. The minimum absolute atomic E-state index is 0.251. The van der Waals surface area contributed by atoms with Crippen LogP contribution in [0, 0.1) is 6.92 Å². The SMILES string of the molecule is Cc1ccc(C(N)=O)cc1C1CCN(C(=O)OC(C)(C)C)CC1. The fourth-order valence-corrected chi connectivity index (χ4v) is 2.93. The lowest BCUT2D eigenvalue weighted by molar-refractivity contribution is 0.0204. The maximum absolute atomic E-state index is 12.1. The van der Waals surface area contributed by atoms with Crippen LogP contribution in [0.5, 0.6) is 0 Å². The van der Waals surface area contributed by atoms with Gasteiger partial charge in [0.15, 0.2) is 0 Å². The highest BCUT2D eigenvalue weighted by atomic mass is 16.6. The summed E-state index contributed by atoms with van der Waals surface area (Å²) in [6, 6.07) is 5.60. The topological polar surface area (TPSA) is 72.6 Å². The zero-order valence-electron chi connectivity index (χ0n) is 14.4. The van der Waals surface area contributed by atoms with E-state index in [9.17, 15) is 9.59 Å². The number of benzene rings is 1. The predicted molar refractivity (Wildman–Crippen MR) is 89.5 cm³/mol. The Labute approximate surface area is 137 Å². The Morgan fingerprint density at radius 1 is 1.22 bits per heavy atom. The van der Waals surface area contributed by atoms with Gasteiger partial charge in [0.05, 0.1) is 0 Å². The van der Waals surface area contributed by atoms with Crippen molar-refractivity contribution in [2.45, 2.75) is 52.1 Å². The number of likely N-dealkylation sites (tertiary alicyclic amines) is 1. The molecule has 1 heterocycles. The van der Waals surface area contributed by atoms with Crippen molar-refractivity contribution >= 4 is 12.0 Å². The minimum Gasteiger partial charge on any atom is -0.444 e. The van der Waals surface area contributed by atoms with Crippen molar-refractivity contribution in [3.63, 3.8) is 0 Å². The molecule has 1 aromatic carbocycles. The molecular weight excluding hydrogens is 292 g/mol. The lowest BCUT2D eigenvalue weighted by Crippen LogP contribution is -2.41. The molecule has 0 saturated carbocycles. The number of carbonyl (C=O) groups is 2. The molecule has 0 radical (unpaired) electrons. The number of primary amides is 1. The molecule has 5 nitrogen and oxygen atoms in total. The lowest BCUT2D eigenvalue weighted by Gasteiger charge is -2.34. The molecule has 2 amide bonds. The van der Waals surface area contributed by atoms with E-state index in [-0.39, 0.29) is 6.09 Å². The van der Waals surface area contributed by atoms with Gasteiger partial charge < -0.3 is 15.4 Å². The van der Waals surface area contributed by atoms with E-state index in [1.807, 2.05) is 39.8 Å². The first-order valence-corrected chi connectivity index (χ1v) is 8.05. The molecule has 1 aromatic rings. The maximum Gasteiger partial charge on any atom is 0.410 e. The standard InChI is InChI=1S/C18H26N2O3/c1-12-5-6-14(16(19)21)11-15(12)13-7-9-20(10-8-13)17(22)23-18(2,3)4/h5-6,11,13H,7-10H2,1-4H3,(H2,19,21). The number of aryl methyl sites for hydroxylation is 1. The molecule has 23 heavy (non-hydrogen) atoms. The first-order valence-electron chi connectivity index (χ1n) is 8.05. The van der Waals surface area contributed by atoms with Gasteiger partial charge >= 0.3 is 6.09 Å². The smallest absolute Gasteiger partial charge is 0.410 e. The van der Waals surface area contributed by atoms with Crippen molar-refractivity contribution in [2.24, 2.45) is 5.73 Å². The Hall–Kier alpha value is -2.04. The second-order valence-corrected chi connectivity index (χ2v) is 7.18. The molecule has 2 N–H and O–H groups in total. The van der Waals surface area contributed by atoms with Crippen molar-refractivity contribution in [1.82, 2.24) is 4.90 Å². The van der Waals surface area contributed by atoms with Crippen molar-refractivity contribution in [3.05, 3.63) is 34.9 Å². The van der Waals surface area contributed by atoms with Crippen molar-refractivity contribution in [1.29, 1.82) is 0 Å². The lowest BCUT2D eigenvalue weighted by atomic mass is 9.86. The van der Waals surface area contributed by atoms with E-state index in [0.29, 0.717) is 24.6 Å². The largest absolute Gasteiger partial charge is 0.444 e. The molecule has 1 fully saturated rings. The summed E-state index contributed by atoms with van der Waals surface area (Å²) in [6.45, 7) is 8.99. The Bertz CT molecular complexity index is 597. The predicted octanol–water partition coefficient (Wildman–Crippen LogP) is 3.21. The Kier molecular flexibility index (Phi) is 4.97. The quantitative estimate of drug-likeness (QED) is 0.910. The number of hydrogen-bond donors (Lipinski definition) is 1. The van der Waals surface area contributed by atoms with Gasteiger partial charge in [-0.05, 0) is 69.7 Å². The van der Waals surface area contributed by atoms with Crippen molar-refractivity contribution < 1.29 is 14.3 Å². The fraction of sp³-hybridized carbons (Fsp3) is 0.556. The Morgan fingerprint density at radius 3 is 2.35 bits per heavy atom. The summed E-state index contributed by atoms with van der Waals surface area (Å²) in [5.74, 6) is -0.0644. The van der Waals surface area contributed by atoms with Gasteiger partial charge in [0.2, 0.25) is 5.91 Å². The third-order valence-electron chi connectivity index (χ3n) is 4.15. The normalized spacial score (nSPS) is 16.3. The summed E-state index contributed by atoms with van der Waals surface area (Å²) in [7, 11) is 0. The molecule has 5 heteroatoms. The Morgan fingerprint density at radius 2 is 1.83 bits per heavy atom. The number of carbonyl (C=O) groups excluding carboxylic acids is 2. The number of ether oxygens (including phenoxy) is 1. The summed E-state index contributed by atoms with van der Waals surface area (Å²) in [5.41, 5.74) is 7.76. The molecule has 0 aromatic heterocycles. The van der Waals surface area contributed by atoms with E-state index >= 15 is 0 Å². The summed E-state index contributed by atoms with van der Waals surface area (Å²) in [6.07, 6.45) is 1.48. The first kappa shape index (κ1) is 17.3. The van der Waals surface area contributed by atoms with Crippen LogP contribution < -0.4 is 5.73 Å². The van der Waals surface area contributed by atoms with Crippen LogP contribution in [-0.4, -0.2) is 35.6 Å². The van der Waals surface area contributed by atoms with Gasteiger partial charge in [0, 0.05) is 18.7 Å². The van der Waals surface area contributed by atoms with Crippen molar-refractivity contribution in [2.75, 3.05) is 13.1 Å². The number of rotatable bonds is 2. The highest BCUT2D eigenvalue weighted by Gasteiger charge is 2.28. The molecular formula is C18H26N2O3. The molecule has 2 rings (SSSR count). The number of hydrogen-bond acceptors (Lipinski definition) is 3. The van der Waals surface area contributed by atoms with Gasteiger partial charge in [-0.25, -0.2) is 4.79 Å². The molecule has 1 aliphatic heterocycles. The fourth-order valence-electron chi connectivity index (χ4n) is 2.93. The first-order chi connectivity index (χ1) is 10.7. The third-order valence-corrected chi connectivity index (χ3v) is 4.15. The highest BCUT2D eigenvalue weighted by molar-refractivity contribution is 5.93. The average molecular weight is 318 g/mol. The summed E-state index contributed by atoms with van der Waals surface area (Å²) < 4.78 is 5.42. The summed E-state index contributed by atoms with van der Waals surface area (Å²) >= 11 is 0. The molecule has 1 saturated heterocycles. The Balaban J connectivity index is 2.03. The molecule has 0 aliphatic carbocycles. The molecule has 0 bridgehead atoms. The molecule has 0 spiro atoms. The van der Waals surface area contributed by atoms with E-state index < -0.39 is 11.5 Å². The molecule has 126 valence electrons. The van der Waals surface area contributed by atoms with Gasteiger partial charge in [0.1, 0.15) is 5.60 Å². The van der Waals surface area contributed by atoms with E-state index in [0.717, 1.165) is 24.0 Å². The average Bonchev–Trinajstić information content (AvgIpc) is 2.46. The van der Waals surface area contributed by atoms with Crippen LogP contribution in [0.15, 0.2) is 18.2 Å². The van der Waals surface area contributed by atoms with E-state index in [4.69, 9.17) is 10.5 Å². The third kappa shape index (κ3) is 4.47. The van der Waals surface area contributed by atoms with Gasteiger partial charge in [-0.2, -0.15) is 0 Å². The van der Waals surface area contributed by atoms with Crippen molar-refractivity contribution in [3.8, 4) is 0 Å². The number of nitrogens with two attached hydrogens (primary N) is 1. The molecule has 1 aliphatic rings. The summed E-state index contributed by atoms with van der Waals surface area (Å²) in [4.78, 5) is 25.2. The highest BCUT2D eigenvalue weighted by Crippen LogP contribution is 2.31. The number of piperidine rings is 1. The van der Waals surface area contributed by atoms with E-state index in [2.05, 4.69) is 0 Å². The molecule has 0 unspecified atom stereocenters. The van der Waals surface area contributed by atoms with Crippen LogP contribution in [0.2, 0.25) is 0 Å². The van der Waals surface area contributed by atoms with Gasteiger partial charge in [-0.15, -0.1) is 0 Å². The van der Waals surface area contributed by atoms with E-state index in [1.54, 1.807) is 11.0 Å². The monoisotopic (exact) mass is 318 g/mol.